The van der Waals surface area contributed by atoms with Gasteiger partial charge in [-0.15, -0.1) is 0 Å². The molecule has 0 amide bonds. The molecular formula is C14H21NO3. The standard InChI is InChI=1S/C14H21NO3/c1-4-14(5-2,13(16)17)15-11-7-9-12(10-8-11)18-6-3/h7-10,15H,4-6H2,1-3H3,(H,16,17). The number of hydrogen-bond acceptors (Lipinski definition) is 3. The first-order valence-electron chi connectivity index (χ1n) is 6.32. The van der Waals surface area contributed by atoms with Crippen molar-refractivity contribution >= 4 is 11.7 Å². The second-order valence-corrected chi connectivity index (χ2v) is 4.18. The molecule has 0 aliphatic carbocycles. The van der Waals surface area contributed by atoms with Gasteiger partial charge in [-0.3, -0.25) is 0 Å². The second-order valence-electron chi connectivity index (χ2n) is 4.18. The van der Waals surface area contributed by atoms with Crippen LogP contribution in [-0.4, -0.2) is 23.2 Å². The van der Waals surface area contributed by atoms with E-state index in [2.05, 4.69) is 5.32 Å². The molecule has 0 aromatic heterocycles. The largest absolute Gasteiger partial charge is 0.494 e. The molecule has 0 unspecified atom stereocenters. The van der Waals surface area contributed by atoms with E-state index >= 15 is 0 Å². The summed E-state index contributed by atoms with van der Waals surface area (Å²) in [6.45, 7) is 6.30. The summed E-state index contributed by atoms with van der Waals surface area (Å²) < 4.78 is 5.35. The van der Waals surface area contributed by atoms with Crippen LogP contribution in [0, 0.1) is 0 Å². The smallest absolute Gasteiger partial charge is 0.329 e. The molecule has 0 bridgehead atoms. The molecule has 100 valence electrons. The zero-order chi connectivity index (χ0) is 13.6. The van der Waals surface area contributed by atoms with Crippen LogP contribution in [-0.2, 0) is 4.79 Å². The van der Waals surface area contributed by atoms with Gasteiger partial charge in [0.25, 0.3) is 0 Å². The summed E-state index contributed by atoms with van der Waals surface area (Å²) in [5.74, 6) is -0.0293. The monoisotopic (exact) mass is 251 g/mol. The molecule has 0 aliphatic heterocycles. The first-order valence-corrected chi connectivity index (χ1v) is 6.32. The maximum Gasteiger partial charge on any atom is 0.329 e. The van der Waals surface area contributed by atoms with Gasteiger partial charge in [0.15, 0.2) is 0 Å². The minimum atomic E-state index is -0.896. The van der Waals surface area contributed by atoms with Gasteiger partial charge in [-0.1, -0.05) is 13.8 Å². The lowest BCUT2D eigenvalue weighted by atomic mass is 9.92. The summed E-state index contributed by atoms with van der Waals surface area (Å²) >= 11 is 0. The number of carbonyl (C=O) groups is 1. The highest BCUT2D eigenvalue weighted by Gasteiger charge is 2.34. The van der Waals surface area contributed by atoms with Crippen LogP contribution in [0.5, 0.6) is 5.75 Å². The highest BCUT2D eigenvalue weighted by Crippen LogP contribution is 2.24. The zero-order valence-corrected chi connectivity index (χ0v) is 11.2. The number of carboxylic acid groups (broad SMARTS) is 1. The molecule has 4 heteroatoms. The van der Waals surface area contributed by atoms with Crippen molar-refractivity contribution in [3.8, 4) is 5.75 Å². The fraction of sp³-hybridized carbons (Fsp3) is 0.500. The van der Waals surface area contributed by atoms with E-state index in [1.165, 1.54) is 0 Å². The molecule has 18 heavy (non-hydrogen) atoms. The van der Waals surface area contributed by atoms with Crippen LogP contribution < -0.4 is 10.1 Å². The predicted octanol–water partition coefficient (Wildman–Crippen LogP) is 3.14. The molecule has 0 saturated carbocycles. The Morgan fingerprint density at radius 3 is 2.17 bits per heavy atom. The van der Waals surface area contributed by atoms with Crippen molar-refractivity contribution in [2.24, 2.45) is 0 Å². The van der Waals surface area contributed by atoms with Gasteiger partial charge in [0.1, 0.15) is 11.3 Å². The number of hydrogen-bond donors (Lipinski definition) is 2. The Morgan fingerprint density at radius 2 is 1.78 bits per heavy atom. The Balaban J connectivity index is 2.84. The number of aliphatic carboxylic acids is 1. The lowest BCUT2D eigenvalue weighted by Crippen LogP contribution is -2.45. The van der Waals surface area contributed by atoms with E-state index in [1.807, 2.05) is 45.0 Å². The Hall–Kier alpha value is -1.71. The van der Waals surface area contributed by atoms with E-state index in [-0.39, 0.29) is 0 Å². The van der Waals surface area contributed by atoms with E-state index < -0.39 is 11.5 Å². The highest BCUT2D eigenvalue weighted by molar-refractivity contribution is 5.82. The minimum Gasteiger partial charge on any atom is -0.494 e. The predicted molar refractivity (Wildman–Crippen MR) is 72.2 cm³/mol. The number of rotatable bonds is 7. The number of benzene rings is 1. The zero-order valence-electron chi connectivity index (χ0n) is 11.2. The van der Waals surface area contributed by atoms with Crippen molar-refractivity contribution < 1.29 is 14.6 Å². The quantitative estimate of drug-likeness (QED) is 0.781. The summed E-state index contributed by atoms with van der Waals surface area (Å²) in [5, 5.41) is 12.4. The lowest BCUT2D eigenvalue weighted by molar-refractivity contribution is -0.142. The highest BCUT2D eigenvalue weighted by atomic mass is 16.5. The first-order chi connectivity index (χ1) is 8.57. The van der Waals surface area contributed by atoms with Crippen LogP contribution >= 0.6 is 0 Å². The van der Waals surface area contributed by atoms with Crippen LogP contribution in [0.15, 0.2) is 24.3 Å². The first kappa shape index (κ1) is 14.4. The summed E-state index contributed by atoms with van der Waals surface area (Å²) in [7, 11) is 0. The molecule has 0 saturated heterocycles. The fourth-order valence-electron chi connectivity index (χ4n) is 1.86. The number of carboxylic acids is 1. The fourth-order valence-corrected chi connectivity index (χ4v) is 1.86. The molecule has 0 atom stereocenters. The minimum absolute atomic E-state index is 0.534. The van der Waals surface area contributed by atoms with Crippen molar-refractivity contribution in [3.63, 3.8) is 0 Å². The summed E-state index contributed by atoms with van der Waals surface area (Å²) in [6.07, 6.45) is 1.07. The van der Waals surface area contributed by atoms with E-state index in [4.69, 9.17) is 4.74 Å². The molecule has 2 N–H and O–H groups in total. The summed E-state index contributed by atoms with van der Waals surface area (Å²) in [4.78, 5) is 11.4. The van der Waals surface area contributed by atoms with Crippen LogP contribution in [0.25, 0.3) is 0 Å². The number of ether oxygens (including phenoxy) is 1. The molecule has 1 rings (SSSR count). The van der Waals surface area contributed by atoms with Gasteiger partial charge in [0, 0.05) is 5.69 Å². The van der Waals surface area contributed by atoms with E-state index in [0.717, 1.165) is 11.4 Å². The Labute approximate surface area is 108 Å². The van der Waals surface area contributed by atoms with Gasteiger partial charge in [-0.05, 0) is 44.0 Å². The van der Waals surface area contributed by atoms with Crippen LogP contribution in [0.3, 0.4) is 0 Å². The van der Waals surface area contributed by atoms with Gasteiger partial charge < -0.3 is 15.2 Å². The third kappa shape index (κ3) is 3.15. The molecule has 1 aromatic carbocycles. The number of anilines is 1. The number of nitrogens with one attached hydrogen (secondary N) is 1. The molecular weight excluding hydrogens is 230 g/mol. The van der Waals surface area contributed by atoms with Crippen molar-refractivity contribution in [1.29, 1.82) is 0 Å². The summed E-state index contributed by atoms with van der Waals surface area (Å²) in [5.41, 5.74) is -0.0998. The third-order valence-electron chi connectivity index (χ3n) is 3.17. The van der Waals surface area contributed by atoms with Gasteiger partial charge in [-0.25, -0.2) is 4.79 Å². The average Bonchev–Trinajstić information content (AvgIpc) is 2.38. The molecule has 0 aliphatic rings. The van der Waals surface area contributed by atoms with Crippen molar-refractivity contribution in [3.05, 3.63) is 24.3 Å². The molecule has 4 nitrogen and oxygen atoms in total. The van der Waals surface area contributed by atoms with Crippen LogP contribution in [0.2, 0.25) is 0 Å². The Bertz CT molecular complexity index is 383. The molecule has 0 radical (unpaired) electrons. The Morgan fingerprint density at radius 1 is 1.22 bits per heavy atom. The van der Waals surface area contributed by atoms with Crippen molar-refractivity contribution in [2.75, 3.05) is 11.9 Å². The maximum absolute atomic E-state index is 11.4. The SMILES string of the molecule is CCOc1ccc(NC(CC)(CC)C(=O)O)cc1. The van der Waals surface area contributed by atoms with Crippen molar-refractivity contribution in [1.82, 2.24) is 0 Å². The van der Waals surface area contributed by atoms with E-state index in [1.54, 1.807) is 0 Å². The third-order valence-corrected chi connectivity index (χ3v) is 3.17. The van der Waals surface area contributed by atoms with Crippen LogP contribution in [0.4, 0.5) is 5.69 Å². The topological polar surface area (TPSA) is 58.6 Å². The Kier molecular flexibility index (Phi) is 5.01. The summed E-state index contributed by atoms with van der Waals surface area (Å²) in [6, 6.07) is 7.36. The average molecular weight is 251 g/mol. The normalized spacial score (nSPS) is 11.1. The van der Waals surface area contributed by atoms with Gasteiger partial charge >= 0.3 is 5.97 Å². The maximum atomic E-state index is 11.4. The van der Waals surface area contributed by atoms with Crippen LogP contribution in [0.1, 0.15) is 33.6 Å². The molecule has 1 aromatic rings. The van der Waals surface area contributed by atoms with Gasteiger partial charge in [0.2, 0.25) is 0 Å². The second kappa shape index (κ2) is 6.28. The molecule has 0 fully saturated rings. The van der Waals surface area contributed by atoms with Gasteiger partial charge in [0.05, 0.1) is 6.61 Å². The van der Waals surface area contributed by atoms with Crippen molar-refractivity contribution in [2.45, 2.75) is 39.2 Å². The molecule has 0 heterocycles. The van der Waals surface area contributed by atoms with E-state index in [0.29, 0.717) is 19.4 Å². The lowest BCUT2D eigenvalue weighted by Gasteiger charge is -2.29. The van der Waals surface area contributed by atoms with Gasteiger partial charge in [-0.2, -0.15) is 0 Å². The van der Waals surface area contributed by atoms with E-state index in [9.17, 15) is 9.90 Å². The molecule has 0 spiro atoms.